The molecule has 1 aliphatic rings. The van der Waals surface area contributed by atoms with Crippen molar-refractivity contribution in [2.24, 2.45) is 5.92 Å². The minimum absolute atomic E-state index is 0.767. The van der Waals surface area contributed by atoms with Crippen molar-refractivity contribution in [3.05, 3.63) is 0 Å². The van der Waals surface area contributed by atoms with Gasteiger partial charge in [-0.15, -0.1) is 0 Å². The van der Waals surface area contributed by atoms with Gasteiger partial charge in [0.25, 0.3) is 0 Å². The lowest BCUT2D eigenvalue weighted by atomic mass is 10.0. The van der Waals surface area contributed by atoms with E-state index in [-0.39, 0.29) is 0 Å². The molecule has 2 atom stereocenters. The Morgan fingerprint density at radius 1 is 1.40 bits per heavy atom. The molecule has 1 fully saturated rings. The second-order valence-corrected chi connectivity index (χ2v) is 3.97. The second-order valence-electron chi connectivity index (χ2n) is 3.97. The second kappa shape index (κ2) is 3.38. The summed E-state index contributed by atoms with van der Waals surface area (Å²) < 4.78 is 0. The Kier molecular flexibility index (Phi) is 2.72. The first-order chi connectivity index (χ1) is 4.68. The largest absolute Gasteiger partial charge is 0.311 e. The van der Waals surface area contributed by atoms with Crippen LogP contribution in [-0.2, 0) is 0 Å². The molecule has 1 nitrogen and oxygen atoms in total. The molecule has 0 aliphatic carbocycles. The molecule has 1 aliphatic heterocycles. The van der Waals surface area contributed by atoms with Crippen molar-refractivity contribution < 1.29 is 0 Å². The van der Waals surface area contributed by atoms with Gasteiger partial charge in [-0.05, 0) is 32.1 Å². The first kappa shape index (κ1) is 8.06. The first-order valence-corrected chi connectivity index (χ1v) is 4.44. The van der Waals surface area contributed by atoms with E-state index in [9.17, 15) is 0 Å². The van der Waals surface area contributed by atoms with Gasteiger partial charge in [0, 0.05) is 12.1 Å². The van der Waals surface area contributed by atoms with Crippen LogP contribution in [0.2, 0.25) is 0 Å². The molecule has 0 bridgehead atoms. The molecular weight excluding hydrogens is 122 g/mol. The molecule has 2 unspecified atom stereocenters. The zero-order chi connectivity index (χ0) is 7.56. The standard InChI is InChI=1S/C9H19N/c1-7(2)6-9-5-4-8(3)10-9/h7-10H,4-6H2,1-3H3. The van der Waals surface area contributed by atoms with Gasteiger partial charge in [-0.1, -0.05) is 13.8 Å². The summed E-state index contributed by atoms with van der Waals surface area (Å²) in [7, 11) is 0. The molecule has 1 heterocycles. The van der Waals surface area contributed by atoms with Crippen molar-refractivity contribution in [2.45, 2.75) is 52.1 Å². The minimum Gasteiger partial charge on any atom is -0.311 e. The first-order valence-electron chi connectivity index (χ1n) is 4.44. The molecule has 1 rings (SSSR count). The zero-order valence-corrected chi connectivity index (χ0v) is 7.35. The Labute approximate surface area is 64.2 Å². The van der Waals surface area contributed by atoms with E-state index in [1.165, 1.54) is 19.3 Å². The van der Waals surface area contributed by atoms with Crippen LogP contribution < -0.4 is 5.32 Å². The molecule has 60 valence electrons. The van der Waals surface area contributed by atoms with E-state index < -0.39 is 0 Å². The quantitative estimate of drug-likeness (QED) is 0.621. The molecular formula is C9H19N. The minimum atomic E-state index is 0.767. The van der Waals surface area contributed by atoms with Crippen molar-refractivity contribution in [3.63, 3.8) is 0 Å². The average Bonchev–Trinajstić information content (AvgIpc) is 2.13. The third kappa shape index (κ3) is 2.30. The molecule has 0 saturated carbocycles. The average molecular weight is 141 g/mol. The lowest BCUT2D eigenvalue weighted by molar-refractivity contribution is 0.450. The van der Waals surface area contributed by atoms with Crippen LogP contribution in [0.1, 0.15) is 40.0 Å². The summed E-state index contributed by atoms with van der Waals surface area (Å²) in [5.41, 5.74) is 0. The Morgan fingerprint density at radius 2 is 2.10 bits per heavy atom. The summed E-state index contributed by atoms with van der Waals surface area (Å²) >= 11 is 0. The van der Waals surface area contributed by atoms with Crippen LogP contribution in [0, 0.1) is 5.92 Å². The van der Waals surface area contributed by atoms with E-state index in [1.54, 1.807) is 0 Å². The molecule has 0 aromatic rings. The van der Waals surface area contributed by atoms with Crippen LogP contribution >= 0.6 is 0 Å². The van der Waals surface area contributed by atoms with Crippen LogP contribution in [0.15, 0.2) is 0 Å². The van der Waals surface area contributed by atoms with Crippen molar-refractivity contribution in [1.29, 1.82) is 0 Å². The molecule has 1 saturated heterocycles. The molecule has 10 heavy (non-hydrogen) atoms. The summed E-state index contributed by atoms with van der Waals surface area (Å²) in [5, 5.41) is 3.59. The Bertz CT molecular complexity index is 98.9. The summed E-state index contributed by atoms with van der Waals surface area (Å²) in [6, 6.07) is 1.58. The highest BCUT2D eigenvalue weighted by Gasteiger charge is 2.20. The lowest BCUT2D eigenvalue weighted by Gasteiger charge is -2.13. The highest BCUT2D eigenvalue weighted by atomic mass is 15.0. The molecule has 0 radical (unpaired) electrons. The van der Waals surface area contributed by atoms with E-state index in [2.05, 4.69) is 26.1 Å². The fraction of sp³-hybridized carbons (Fsp3) is 1.00. The normalized spacial score (nSPS) is 33.6. The van der Waals surface area contributed by atoms with Crippen LogP contribution in [0.25, 0.3) is 0 Å². The van der Waals surface area contributed by atoms with Crippen LogP contribution in [-0.4, -0.2) is 12.1 Å². The summed E-state index contributed by atoms with van der Waals surface area (Å²) in [6.07, 6.45) is 4.11. The van der Waals surface area contributed by atoms with Gasteiger partial charge in [0.15, 0.2) is 0 Å². The Hall–Kier alpha value is -0.0400. The van der Waals surface area contributed by atoms with Gasteiger partial charge in [0.1, 0.15) is 0 Å². The van der Waals surface area contributed by atoms with Gasteiger partial charge in [0.05, 0.1) is 0 Å². The van der Waals surface area contributed by atoms with Crippen LogP contribution in [0.3, 0.4) is 0 Å². The molecule has 0 spiro atoms. The van der Waals surface area contributed by atoms with Crippen molar-refractivity contribution in [3.8, 4) is 0 Å². The van der Waals surface area contributed by atoms with Gasteiger partial charge in [-0.3, -0.25) is 0 Å². The predicted octanol–water partition coefficient (Wildman–Crippen LogP) is 2.17. The fourth-order valence-electron chi connectivity index (χ4n) is 1.78. The van der Waals surface area contributed by atoms with Gasteiger partial charge in [0.2, 0.25) is 0 Å². The number of rotatable bonds is 2. The summed E-state index contributed by atoms with van der Waals surface area (Å²) in [6.45, 7) is 6.87. The zero-order valence-electron chi connectivity index (χ0n) is 7.35. The summed E-state index contributed by atoms with van der Waals surface area (Å²) in [4.78, 5) is 0. The van der Waals surface area contributed by atoms with Crippen LogP contribution in [0.5, 0.6) is 0 Å². The smallest absolute Gasteiger partial charge is 0.00725 e. The predicted molar refractivity (Wildman–Crippen MR) is 45.1 cm³/mol. The molecule has 0 amide bonds. The molecule has 1 N–H and O–H groups in total. The van der Waals surface area contributed by atoms with E-state index in [1.807, 2.05) is 0 Å². The van der Waals surface area contributed by atoms with Gasteiger partial charge < -0.3 is 5.32 Å². The van der Waals surface area contributed by atoms with E-state index in [0.29, 0.717) is 0 Å². The van der Waals surface area contributed by atoms with Gasteiger partial charge in [-0.25, -0.2) is 0 Å². The topological polar surface area (TPSA) is 12.0 Å². The molecule has 0 aromatic carbocycles. The van der Waals surface area contributed by atoms with E-state index in [0.717, 1.165) is 18.0 Å². The Balaban J connectivity index is 2.18. The maximum atomic E-state index is 3.59. The third-order valence-electron chi connectivity index (χ3n) is 2.22. The maximum Gasteiger partial charge on any atom is 0.00725 e. The highest BCUT2D eigenvalue weighted by molar-refractivity contribution is 4.80. The molecule has 0 aromatic heterocycles. The van der Waals surface area contributed by atoms with Crippen LogP contribution in [0.4, 0.5) is 0 Å². The monoisotopic (exact) mass is 141 g/mol. The highest BCUT2D eigenvalue weighted by Crippen LogP contribution is 2.17. The number of hydrogen-bond donors (Lipinski definition) is 1. The maximum absolute atomic E-state index is 3.59. The molecule has 1 heteroatoms. The van der Waals surface area contributed by atoms with E-state index in [4.69, 9.17) is 0 Å². The SMILES string of the molecule is CC(C)CC1CCC(C)N1. The van der Waals surface area contributed by atoms with Gasteiger partial charge in [-0.2, -0.15) is 0 Å². The van der Waals surface area contributed by atoms with Crippen molar-refractivity contribution in [2.75, 3.05) is 0 Å². The fourth-order valence-corrected chi connectivity index (χ4v) is 1.78. The number of nitrogens with one attached hydrogen (secondary N) is 1. The third-order valence-corrected chi connectivity index (χ3v) is 2.22. The Morgan fingerprint density at radius 3 is 2.50 bits per heavy atom. The number of hydrogen-bond acceptors (Lipinski definition) is 1. The van der Waals surface area contributed by atoms with Crippen molar-refractivity contribution >= 4 is 0 Å². The van der Waals surface area contributed by atoms with Gasteiger partial charge >= 0.3 is 0 Å². The van der Waals surface area contributed by atoms with E-state index >= 15 is 0 Å². The van der Waals surface area contributed by atoms with Crippen molar-refractivity contribution in [1.82, 2.24) is 5.32 Å². The lowest BCUT2D eigenvalue weighted by Crippen LogP contribution is -2.28. The summed E-state index contributed by atoms with van der Waals surface area (Å²) in [5.74, 6) is 0.850.